The molecule has 0 atom stereocenters. The zero-order valence-electron chi connectivity index (χ0n) is 17.5. The Morgan fingerprint density at radius 2 is 2.03 bits per heavy atom. The molecule has 1 amide bonds. The largest absolute Gasteiger partial charge is 0.489 e. The van der Waals surface area contributed by atoms with E-state index in [4.69, 9.17) is 4.74 Å². The number of hydrogen-bond acceptors (Lipinski definition) is 5. The highest BCUT2D eigenvalue weighted by atomic mass is 16.5. The minimum atomic E-state index is -0.179. The third-order valence-electron chi connectivity index (χ3n) is 4.70. The predicted molar refractivity (Wildman–Crippen MR) is 116 cm³/mol. The van der Waals surface area contributed by atoms with Crippen LogP contribution in [0, 0.1) is 6.92 Å². The Labute approximate surface area is 172 Å². The molecular weight excluding hydrogens is 364 g/mol. The Morgan fingerprint density at radius 3 is 2.79 bits per heavy atom. The lowest BCUT2D eigenvalue weighted by molar-refractivity contribution is 0.0949. The van der Waals surface area contributed by atoms with Gasteiger partial charge < -0.3 is 15.4 Å². The van der Waals surface area contributed by atoms with Crippen molar-refractivity contribution in [1.82, 2.24) is 15.3 Å². The van der Waals surface area contributed by atoms with Crippen molar-refractivity contribution in [1.29, 1.82) is 0 Å². The number of nitrogens with zero attached hydrogens (tertiary/aromatic N) is 2. The molecule has 0 saturated carbocycles. The SMILES string of the molecule is Cc1cc(C(=O)NCCC2=CCCCC2)nc(Nc2ccccc2OC(C)C)n1. The quantitative estimate of drug-likeness (QED) is 0.621. The van der Waals surface area contributed by atoms with Crippen LogP contribution in [0.5, 0.6) is 5.75 Å². The third kappa shape index (κ3) is 6.31. The maximum absolute atomic E-state index is 12.6. The zero-order chi connectivity index (χ0) is 20.6. The van der Waals surface area contributed by atoms with E-state index in [1.807, 2.05) is 45.0 Å². The average Bonchev–Trinajstić information content (AvgIpc) is 2.69. The summed E-state index contributed by atoms with van der Waals surface area (Å²) in [5.74, 6) is 0.922. The predicted octanol–water partition coefficient (Wildman–Crippen LogP) is 4.94. The number of rotatable bonds is 8. The molecule has 29 heavy (non-hydrogen) atoms. The van der Waals surface area contributed by atoms with E-state index in [0.717, 1.165) is 36.4 Å². The van der Waals surface area contributed by atoms with E-state index in [-0.39, 0.29) is 12.0 Å². The van der Waals surface area contributed by atoms with E-state index in [1.165, 1.54) is 18.4 Å². The number of para-hydroxylation sites is 2. The molecule has 2 N–H and O–H groups in total. The smallest absolute Gasteiger partial charge is 0.270 e. The summed E-state index contributed by atoms with van der Waals surface area (Å²) in [5.41, 5.74) is 3.30. The summed E-state index contributed by atoms with van der Waals surface area (Å²) < 4.78 is 5.83. The number of carbonyl (C=O) groups excluding carboxylic acids is 1. The number of anilines is 2. The van der Waals surface area contributed by atoms with Crippen LogP contribution in [0.2, 0.25) is 0 Å². The number of nitrogens with one attached hydrogen (secondary N) is 2. The summed E-state index contributed by atoms with van der Waals surface area (Å²) in [6.07, 6.45) is 8.10. The fourth-order valence-corrected chi connectivity index (χ4v) is 3.35. The fraction of sp³-hybridized carbons (Fsp3) is 0.435. The molecule has 0 saturated heterocycles. The Balaban J connectivity index is 1.66. The molecule has 2 aromatic rings. The van der Waals surface area contributed by atoms with Gasteiger partial charge >= 0.3 is 0 Å². The van der Waals surface area contributed by atoms with E-state index >= 15 is 0 Å². The summed E-state index contributed by atoms with van der Waals surface area (Å²) in [4.78, 5) is 21.4. The van der Waals surface area contributed by atoms with Gasteiger partial charge in [-0.25, -0.2) is 9.97 Å². The van der Waals surface area contributed by atoms with Crippen molar-refractivity contribution in [3.63, 3.8) is 0 Å². The lowest BCUT2D eigenvalue weighted by Crippen LogP contribution is -2.26. The lowest BCUT2D eigenvalue weighted by atomic mass is 9.97. The first-order valence-corrected chi connectivity index (χ1v) is 10.4. The van der Waals surface area contributed by atoms with E-state index < -0.39 is 0 Å². The first-order valence-electron chi connectivity index (χ1n) is 10.4. The number of aromatic nitrogens is 2. The number of benzene rings is 1. The van der Waals surface area contributed by atoms with Gasteiger partial charge in [0.05, 0.1) is 11.8 Å². The third-order valence-corrected chi connectivity index (χ3v) is 4.70. The molecule has 1 aromatic heterocycles. The molecule has 0 fully saturated rings. The van der Waals surface area contributed by atoms with E-state index in [2.05, 4.69) is 26.7 Å². The van der Waals surface area contributed by atoms with Gasteiger partial charge in [0.2, 0.25) is 5.95 Å². The number of ether oxygens (including phenoxy) is 1. The topological polar surface area (TPSA) is 76.1 Å². The van der Waals surface area contributed by atoms with Gasteiger partial charge in [0.15, 0.2) is 0 Å². The molecule has 3 rings (SSSR count). The maximum Gasteiger partial charge on any atom is 0.270 e. The molecule has 6 heteroatoms. The Bertz CT molecular complexity index is 877. The van der Waals surface area contributed by atoms with Crippen molar-refractivity contribution in [2.45, 2.75) is 59.0 Å². The van der Waals surface area contributed by atoms with Gasteiger partial charge in [-0.3, -0.25) is 4.79 Å². The van der Waals surface area contributed by atoms with E-state index in [0.29, 0.717) is 18.2 Å². The minimum Gasteiger partial charge on any atom is -0.489 e. The standard InChI is InChI=1S/C23H30N4O2/c1-16(2)29-21-12-8-7-11-19(21)26-23-25-17(3)15-20(27-23)22(28)24-14-13-18-9-5-4-6-10-18/h7-9,11-12,15-16H,4-6,10,13-14H2,1-3H3,(H,24,28)(H,25,26,27). The summed E-state index contributed by atoms with van der Waals surface area (Å²) in [6, 6.07) is 9.34. The molecule has 0 radical (unpaired) electrons. The monoisotopic (exact) mass is 394 g/mol. The Morgan fingerprint density at radius 1 is 1.21 bits per heavy atom. The van der Waals surface area contributed by atoms with Crippen molar-refractivity contribution in [2.75, 3.05) is 11.9 Å². The molecule has 6 nitrogen and oxygen atoms in total. The molecule has 0 aliphatic heterocycles. The average molecular weight is 395 g/mol. The van der Waals surface area contributed by atoms with Crippen molar-refractivity contribution in [3.8, 4) is 5.75 Å². The second-order valence-electron chi connectivity index (χ2n) is 7.62. The van der Waals surface area contributed by atoms with Crippen molar-refractivity contribution in [2.24, 2.45) is 0 Å². The van der Waals surface area contributed by atoms with Gasteiger partial charge in [0, 0.05) is 12.2 Å². The van der Waals surface area contributed by atoms with Crippen LogP contribution in [0.3, 0.4) is 0 Å². The number of hydrogen-bond donors (Lipinski definition) is 2. The minimum absolute atomic E-state index is 0.0528. The first-order chi connectivity index (χ1) is 14.0. The number of carbonyl (C=O) groups is 1. The highest BCUT2D eigenvalue weighted by Gasteiger charge is 2.13. The maximum atomic E-state index is 12.6. The van der Waals surface area contributed by atoms with Crippen LogP contribution in [0.4, 0.5) is 11.6 Å². The zero-order valence-corrected chi connectivity index (χ0v) is 17.5. The van der Waals surface area contributed by atoms with E-state index in [1.54, 1.807) is 6.07 Å². The molecule has 0 bridgehead atoms. The van der Waals surface area contributed by atoms with Crippen LogP contribution in [0.15, 0.2) is 42.0 Å². The number of aryl methyl sites for hydroxylation is 1. The van der Waals surface area contributed by atoms with Crippen LogP contribution >= 0.6 is 0 Å². The van der Waals surface area contributed by atoms with Crippen LogP contribution in [0.1, 0.15) is 62.1 Å². The second kappa shape index (κ2) is 10.0. The number of allylic oxidation sites excluding steroid dienone is 1. The molecule has 0 spiro atoms. The van der Waals surface area contributed by atoms with Crippen LogP contribution in [0.25, 0.3) is 0 Å². The van der Waals surface area contributed by atoms with Gasteiger partial charge in [-0.2, -0.15) is 0 Å². The molecule has 0 unspecified atom stereocenters. The summed E-state index contributed by atoms with van der Waals surface area (Å²) in [6.45, 7) is 6.44. The molecule has 1 aliphatic carbocycles. The Hall–Kier alpha value is -2.89. The first kappa shape index (κ1) is 20.8. The lowest BCUT2D eigenvalue weighted by Gasteiger charge is -2.15. The van der Waals surface area contributed by atoms with Crippen LogP contribution in [-0.2, 0) is 0 Å². The molecule has 1 heterocycles. The highest BCUT2D eigenvalue weighted by Crippen LogP contribution is 2.27. The van der Waals surface area contributed by atoms with Gasteiger partial charge in [-0.15, -0.1) is 0 Å². The summed E-state index contributed by atoms with van der Waals surface area (Å²) >= 11 is 0. The Kier molecular flexibility index (Phi) is 7.22. The number of amides is 1. The van der Waals surface area contributed by atoms with Gasteiger partial charge in [-0.1, -0.05) is 23.8 Å². The van der Waals surface area contributed by atoms with Crippen molar-refractivity contribution >= 4 is 17.5 Å². The molecular formula is C23H30N4O2. The van der Waals surface area contributed by atoms with Gasteiger partial charge in [0.25, 0.3) is 5.91 Å². The normalized spacial score (nSPS) is 13.7. The molecule has 1 aromatic carbocycles. The van der Waals surface area contributed by atoms with Gasteiger partial charge in [-0.05, 0) is 71.1 Å². The highest BCUT2D eigenvalue weighted by molar-refractivity contribution is 5.92. The summed E-state index contributed by atoms with van der Waals surface area (Å²) in [5, 5.41) is 6.16. The van der Waals surface area contributed by atoms with Gasteiger partial charge in [0.1, 0.15) is 11.4 Å². The van der Waals surface area contributed by atoms with Crippen molar-refractivity contribution < 1.29 is 9.53 Å². The van der Waals surface area contributed by atoms with Crippen LogP contribution < -0.4 is 15.4 Å². The summed E-state index contributed by atoms with van der Waals surface area (Å²) in [7, 11) is 0. The van der Waals surface area contributed by atoms with Crippen LogP contribution in [-0.4, -0.2) is 28.5 Å². The van der Waals surface area contributed by atoms with Crippen molar-refractivity contribution in [3.05, 3.63) is 53.4 Å². The molecule has 1 aliphatic rings. The molecule has 154 valence electrons. The second-order valence-corrected chi connectivity index (χ2v) is 7.62. The van der Waals surface area contributed by atoms with E-state index in [9.17, 15) is 4.79 Å². The fourth-order valence-electron chi connectivity index (χ4n) is 3.35.